The minimum atomic E-state index is 0.220. The van der Waals surface area contributed by atoms with E-state index in [0.717, 1.165) is 54.8 Å². The number of carbonyl (C=O) groups excluding carboxylic acids is 1. The summed E-state index contributed by atoms with van der Waals surface area (Å²) < 4.78 is 0. The van der Waals surface area contributed by atoms with Gasteiger partial charge in [-0.15, -0.1) is 0 Å². The topological polar surface area (TPSA) is 71.0 Å². The molecule has 0 spiro atoms. The van der Waals surface area contributed by atoms with Crippen LogP contribution in [0.15, 0.2) is 24.3 Å². The maximum Gasteiger partial charge on any atom is 0.222 e. The Bertz CT molecular complexity index is 761. The number of anilines is 2. The monoisotopic (exact) mass is 339 g/mol. The average Bonchev–Trinajstić information content (AvgIpc) is 2.60. The fraction of sp³-hybridized carbons (Fsp3) is 0.474. The second-order valence-corrected chi connectivity index (χ2v) is 6.55. The van der Waals surface area contributed by atoms with Gasteiger partial charge in [0.05, 0.1) is 5.69 Å². The van der Waals surface area contributed by atoms with Crippen molar-refractivity contribution < 1.29 is 4.79 Å². The Morgan fingerprint density at radius 2 is 2.08 bits per heavy atom. The lowest BCUT2D eigenvalue weighted by molar-refractivity contribution is -0.132. The molecule has 6 heteroatoms. The van der Waals surface area contributed by atoms with Crippen LogP contribution in [0.1, 0.15) is 49.3 Å². The van der Waals surface area contributed by atoms with Gasteiger partial charge < -0.3 is 10.2 Å². The number of pyridine rings is 1. The second kappa shape index (κ2) is 7.59. The van der Waals surface area contributed by atoms with Gasteiger partial charge in [-0.2, -0.15) is 0 Å². The van der Waals surface area contributed by atoms with Gasteiger partial charge in [-0.05, 0) is 38.8 Å². The van der Waals surface area contributed by atoms with E-state index in [1.807, 2.05) is 49.9 Å². The quantitative estimate of drug-likeness (QED) is 0.925. The van der Waals surface area contributed by atoms with Crippen LogP contribution in [-0.4, -0.2) is 38.8 Å². The standard InChI is InChI=1S/C19H25N5O/c1-4-19(25)24-10-6-8-15(12-24)16-11-18(22-14(3)21-16)23-17-9-5-7-13(2)20-17/h5,7,9,11,15H,4,6,8,10,12H2,1-3H3,(H,20,21,22,23)/t15-/m0/s1. The van der Waals surface area contributed by atoms with Crippen molar-refractivity contribution in [3.05, 3.63) is 41.5 Å². The fourth-order valence-corrected chi connectivity index (χ4v) is 3.28. The minimum absolute atomic E-state index is 0.220. The van der Waals surface area contributed by atoms with E-state index >= 15 is 0 Å². The molecule has 25 heavy (non-hydrogen) atoms. The molecular weight excluding hydrogens is 314 g/mol. The molecule has 1 fully saturated rings. The fourth-order valence-electron chi connectivity index (χ4n) is 3.28. The van der Waals surface area contributed by atoms with Crippen molar-refractivity contribution in [3.8, 4) is 0 Å². The number of aromatic nitrogens is 3. The van der Waals surface area contributed by atoms with Crippen LogP contribution in [0.4, 0.5) is 11.6 Å². The molecule has 1 saturated heterocycles. The summed E-state index contributed by atoms with van der Waals surface area (Å²) in [6.45, 7) is 7.37. The lowest BCUT2D eigenvalue weighted by Gasteiger charge is -2.32. The second-order valence-electron chi connectivity index (χ2n) is 6.55. The number of nitrogens with zero attached hydrogens (tertiary/aromatic N) is 4. The van der Waals surface area contributed by atoms with Crippen molar-refractivity contribution in [2.75, 3.05) is 18.4 Å². The van der Waals surface area contributed by atoms with Crippen LogP contribution in [0.25, 0.3) is 0 Å². The molecule has 0 saturated carbocycles. The first-order valence-corrected chi connectivity index (χ1v) is 8.89. The van der Waals surface area contributed by atoms with Gasteiger partial charge >= 0.3 is 0 Å². The van der Waals surface area contributed by atoms with Crippen LogP contribution >= 0.6 is 0 Å². The molecule has 0 bridgehead atoms. The number of carbonyl (C=O) groups is 1. The molecule has 0 radical (unpaired) electrons. The molecule has 1 N–H and O–H groups in total. The van der Waals surface area contributed by atoms with E-state index in [9.17, 15) is 4.79 Å². The summed E-state index contributed by atoms with van der Waals surface area (Å²) in [5.74, 6) is 2.73. The van der Waals surface area contributed by atoms with Gasteiger partial charge in [0, 0.05) is 37.2 Å². The number of nitrogens with one attached hydrogen (secondary N) is 1. The molecule has 0 aliphatic carbocycles. The van der Waals surface area contributed by atoms with Crippen molar-refractivity contribution in [2.45, 2.75) is 46.0 Å². The largest absolute Gasteiger partial charge is 0.342 e. The summed E-state index contributed by atoms with van der Waals surface area (Å²) in [6.07, 6.45) is 2.62. The maximum atomic E-state index is 12.0. The molecule has 3 rings (SSSR count). The first-order valence-electron chi connectivity index (χ1n) is 8.89. The molecule has 6 nitrogen and oxygen atoms in total. The van der Waals surface area contributed by atoms with E-state index in [1.165, 1.54) is 0 Å². The SMILES string of the molecule is CCC(=O)N1CCC[C@H](c2cc(Nc3cccc(C)n3)nc(C)n2)C1. The number of amides is 1. The lowest BCUT2D eigenvalue weighted by Crippen LogP contribution is -2.39. The first-order chi connectivity index (χ1) is 12.0. The van der Waals surface area contributed by atoms with Gasteiger partial charge in [-0.25, -0.2) is 15.0 Å². The number of hydrogen-bond donors (Lipinski definition) is 1. The van der Waals surface area contributed by atoms with Gasteiger partial charge in [0.1, 0.15) is 17.5 Å². The van der Waals surface area contributed by atoms with Crippen LogP contribution < -0.4 is 5.32 Å². The minimum Gasteiger partial charge on any atom is -0.342 e. The number of likely N-dealkylation sites (tertiary alicyclic amines) is 1. The van der Waals surface area contributed by atoms with E-state index < -0.39 is 0 Å². The summed E-state index contributed by atoms with van der Waals surface area (Å²) in [5, 5.41) is 3.27. The van der Waals surface area contributed by atoms with Gasteiger partial charge in [0.2, 0.25) is 5.91 Å². The van der Waals surface area contributed by atoms with Crippen molar-refractivity contribution in [2.24, 2.45) is 0 Å². The Morgan fingerprint density at radius 3 is 2.84 bits per heavy atom. The molecule has 1 aliphatic rings. The Hall–Kier alpha value is -2.50. The maximum absolute atomic E-state index is 12.0. The average molecular weight is 339 g/mol. The van der Waals surface area contributed by atoms with Gasteiger partial charge in [-0.1, -0.05) is 13.0 Å². The van der Waals surface area contributed by atoms with Crippen LogP contribution in [0.3, 0.4) is 0 Å². The number of aryl methyl sites for hydroxylation is 2. The zero-order valence-corrected chi connectivity index (χ0v) is 15.1. The predicted molar refractivity (Wildman–Crippen MR) is 97.9 cm³/mol. The molecule has 1 amide bonds. The Balaban J connectivity index is 1.80. The van der Waals surface area contributed by atoms with Gasteiger partial charge in [0.15, 0.2) is 0 Å². The highest BCUT2D eigenvalue weighted by atomic mass is 16.2. The third kappa shape index (κ3) is 4.32. The van der Waals surface area contributed by atoms with E-state index in [1.54, 1.807) is 0 Å². The lowest BCUT2D eigenvalue weighted by atomic mass is 9.94. The molecule has 0 unspecified atom stereocenters. The number of hydrogen-bond acceptors (Lipinski definition) is 5. The van der Waals surface area contributed by atoms with E-state index in [0.29, 0.717) is 6.42 Å². The van der Waals surface area contributed by atoms with E-state index in [4.69, 9.17) is 0 Å². The molecule has 2 aromatic heterocycles. The van der Waals surface area contributed by atoms with Crippen molar-refractivity contribution in [1.82, 2.24) is 19.9 Å². The van der Waals surface area contributed by atoms with Gasteiger partial charge in [-0.3, -0.25) is 4.79 Å². The van der Waals surface area contributed by atoms with Gasteiger partial charge in [0.25, 0.3) is 0 Å². The van der Waals surface area contributed by atoms with Crippen LogP contribution in [0, 0.1) is 13.8 Å². The highest BCUT2D eigenvalue weighted by molar-refractivity contribution is 5.76. The molecule has 1 aliphatic heterocycles. The molecule has 3 heterocycles. The van der Waals surface area contributed by atoms with Crippen LogP contribution in [0.2, 0.25) is 0 Å². The van der Waals surface area contributed by atoms with Crippen LogP contribution in [0.5, 0.6) is 0 Å². The number of piperidine rings is 1. The van der Waals surface area contributed by atoms with Crippen molar-refractivity contribution >= 4 is 17.5 Å². The Labute approximate surface area is 148 Å². The van der Waals surface area contributed by atoms with Crippen molar-refractivity contribution in [1.29, 1.82) is 0 Å². The Kier molecular flexibility index (Phi) is 5.26. The summed E-state index contributed by atoms with van der Waals surface area (Å²) in [5.41, 5.74) is 1.95. The summed E-state index contributed by atoms with van der Waals surface area (Å²) >= 11 is 0. The molecule has 0 aromatic carbocycles. The zero-order chi connectivity index (χ0) is 17.8. The normalized spacial score (nSPS) is 17.4. The third-order valence-corrected chi connectivity index (χ3v) is 4.50. The number of rotatable bonds is 4. The highest BCUT2D eigenvalue weighted by Crippen LogP contribution is 2.27. The predicted octanol–water partition coefficient (Wildman–Crippen LogP) is 3.35. The highest BCUT2D eigenvalue weighted by Gasteiger charge is 2.25. The third-order valence-electron chi connectivity index (χ3n) is 4.50. The Morgan fingerprint density at radius 1 is 1.24 bits per heavy atom. The van der Waals surface area contributed by atoms with Crippen molar-refractivity contribution in [3.63, 3.8) is 0 Å². The summed E-state index contributed by atoms with van der Waals surface area (Å²) in [7, 11) is 0. The van der Waals surface area contributed by atoms with Crippen LogP contribution in [-0.2, 0) is 4.79 Å². The first kappa shape index (κ1) is 17.3. The molecular formula is C19H25N5O. The summed E-state index contributed by atoms with van der Waals surface area (Å²) in [6, 6.07) is 7.84. The summed E-state index contributed by atoms with van der Waals surface area (Å²) in [4.78, 5) is 27.6. The molecule has 1 atom stereocenters. The molecule has 2 aromatic rings. The zero-order valence-electron chi connectivity index (χ0n) is 15.1. The molecule has 132 valence electrons. The smallest absolute Gasteiger partial charge is 0.222 e. The van der Waals surface area contributed by atoms with E-state index in [-0.39, 0.29) is 11.8 Å². The van der Waals surface area contributed by atoms with E-state index in [2.05, 4.69) is 20.3 Å².